The number of phenols is 1. The minimum Gasteiger partial charge on any atom is -0.507 e. The van der Waals surface area contributed by atoms with Gasteiger partial charge in [-0.05, 0) is 66.4 Å². The lowest BCUT2D eigenvalue weighted by molar-refractivity contribution is 0.464. The zero-order valence-electron chi connectivity index (χ0n) is 17.5. The quantitative estimate of drug-likeness (QED) is 0.463. The van der Waals surface area contributed by atoms with Gasteiger partial charge in [0.05, 0.1) is 0 Å². The third-order valence-corrected chi connectivity index (χ3v) is 5.25. The van der Waals surface area contributed by atoms with E-state index in [0.717, 1.165) is 11.6 Å². The summed E-state index contributed by atoms with van der Waals surface area (Å²) in [6.07, 6.45) is 2.32. The van der Waals surface area contributed by atoms with Gasteiger partial charge in [-0.15, -0.1) is 0 Å². The highest BCUT2D eigenvalue weighted by Gasteiger charge is 2.21. The molecule has 1 aliphatic heterocycles. The second-order valence-electron chi connectivity index (χ2n) is 7.44. The van der Waals surface area contributed by atoms with E-state index in [1.165, 1.54) is 18.2 Å². The van der Waals surface area contributed by atoms with Crippen LogP contribution in [0.2, 0.25) is 0 Å². The molecular formula is C25H21F3N2O2. The van der Waals surface area contributed by atoms with Crippen molar-refractivity contribution < 1.29 is 23.0 Å². The fraction of sp³-hybridized carbons (Fsp3) is 0.160. The van der Waals surface area contributed by atoms with E-state index in [1.54, 1.807) is 37.4 Å². The van der Waals surface area contributed by atoms with E-state index in [9.17, 15) is 18.3 Å². The number of aryl methyl sites for hydroxylation is 1. The minimum atomic E-state index is -0.896. The number of benzene rings is 3. The van der Waals surface area contributed by atoms with E-state index in [-0.39, 0.29) is 29.5 Å². The van der Waals surface area contributed by atoms with Crippen molar-refractivity contribution in [2.45, 2.75) is 26.8 Å². The van der Waals surface area contributed by atoms with Crippen LogP contribution in [0.4, 0.5) is 18.9 Å². The number of aromatic hydroxyl groups is 1. The van der Waals surface area contributed by atoms with E-state index in [4.69, 9.17) is 4.74 Å². The molecule has 0 atom stereocenters. The van der Waals surface area contributed by atoms with Crippen molar-refractivity contribution in [3.63, 3.8) is 0 Å². The van der Waals surface area contributed by atoms with Gasteiger partial charge >= 0.3 is 0 Å². The second-order valence-corrected chi connectivity index (χ2v) is 7.44. The Morgan fingerprint density at radius 2 is 1.84 bits per heavy atom. The number of hydrogen-bond acceptors (Lipinski definition) is 4. The molecule has 4 rings (SSSR count). The van der Waals surface area contributed by atoms with Gasteiger partial charge in [-0.3, -0.25) is 0 Å². The van der Waals surface area contributed by atoms with Gasteiger partial charge in [-0.25, -0.2) is 18.2 Å². The average molecular weight is 438 g/mol. The maximum atomic E-state index is 15.0. The molecule has 0 amide bonds. The third kappa shape index (κ3) is 4.19. The first-order valence-electron chi connectivity index (χ1n) is 10.1. The number of phenolic OH excluding ortho intramolecular Hbond substituents is 1. The number of aliphatic imine (C=N–C) groups is 1. The maximum Gasteiger partial charge on any atom is 0.224 e. The highest BCUT2D eigenvalue weighted by molar-refractivity contribution is 5.99. The summed E-state index contributed by atoms with van der Waals surface area (Å²) in [7, 11) is 0. The molecule has 3 aromatic carbocycles. The molecule has 32 heavy (non-hydrogen) atoms. The van der Waals surface area contributed by atoms with Crippen molar-refractivity contribution in [1.29, 1.82) is 0 Å². The summed E-state index contributed by atoms with van der Waals surface area (Å²) in [6.45, 7) is 3.56. The van der Waals surface area contributed by atoms with E-state index in [1.807, 2.05) is 6.92 Å². The molecule has 0 aliphatic carbocycles. The molecule has 3 aromatic rings. The summed E-state index contributed by atoms with van der Waals surface area (Å²) < 4.78 is 48.4. The summed E-state index contributed by atoms with van der Waals surface area (Å²) in [5.41, 5.74) is 2.74. The van der Waals surface area contributed by atoms with Gasteiger partial charge in [0.25, 0.3) is 0 Å². The lowest BCUT2D eigenvalue weighted by atomic mass is 9.99. The summed E-state index contributed by atoms with van der Waals surface area (Å²) >= 11 is 0. The highest BCUT2D eigenvalue weighted by atomic mass is 19.1. The van der Waals surface area contributed by atoms with Gasteiger partial charge in [-0.1, -0.05) is 19.1 Å². The minimum absolute atomic E-state index is 0.00702. The van der Waals surface area contributed by atoms with Crippen LogP contribution in [0.5, 0.6) is 11.5 Å². The molecule has 0 saturated carbocycles. The van der Waals surface area contributed by atoms with E-state index < -0.39 is 11.6 Å². The van der Waals surface area contributed by atoms with Gasteiger partial charge < -0.3 is 15.2 Å². The lowest BCUT2D eigenvalue weighted by Crippen LogP contribution is -2.18. The Morgan fingerprint density at radius 1 is 1.03 bits per heavy atom. The Balaban J connectivity index is 1.59. The van der Waals surface area contributed by atoms with E-state index in [2.05, 4.69) is 10.3 Å². The Hall–Kier alpha value is -3.74. The largest absolute Gasteiger partial charge is 0.507 e. The van der Waals surface area contributed by atoms with Crippen molar-refractivity contribution in [3.8, 4) is 22.6 Å². The van der Waals surface area contributed by atoms with Gasteiger partial charge in [0.2, 0.25) is 5.90 Å². The Morgan fingerprint density at radius 3 is 2.53 bits per heavy atom. The second kappa shape index (κ2) is 8.78. The molecule has 0 saturated heterocycles. The predicted octanol–water partition coefficient (Wildman–Crippen LogP) is 6.48. The first kappa shape index (κ1) is 21.5. The summed E-state index contributed by atoms with van der Waals surface area (Å²) in [6, 6.07) is 11.7. The fourth-order valence-electron chi connectivity index (χ4n) is 3.43. The van der Waals surface area contributed by atoms with Crippen molar-refractivity contribution >= 4 is 11.6 Å². The molecule has 0 fully saturated rings. The molecule has 4 nitrogen and oxygen atoms in total. The van der Waals surface area contributed by atoms with E-state index in [0.29, 0.717) is 34.6 Å². The van der Waals surface area contributed by atoms with Crippen LogP contribution < -0.4 is 10.1 Å². The van der Waals surface area contributed by atoms with Crippen LogP contribution in [0, 0.1) is 24.4 Å². The first-order valence-corrected chi connectivity index (χ1v) is 10.1. The summed E-state index contributed by atoms with van der Waals surface area (Å²) in [4.78, 5) is 3.96. The molecule has 2 N–H and O–H groups in total. The Kier molecular flexibility index (Phi) is 5.90. The zero-order valence-corrected chi connectivity index (χ0v) is 17.5. The Labute approximate surface area is 183 Å². The monoisotopic (exact) mass is 438 g/mol. The number of halogens is 3. The molecule has 164 valence electrons. The molecule has 0 radical (unpaired) electrons. The number of nitrogens with one attached hydrogen (secondary N) is 1. The predicted molar refractivity (Wildman–Crippen MR) is 118 cm³/mol. The van der Waals surface area contributed by atoms with Crippen molar-refractivity contribution in [1.82, 2.24) is 0 Å². The third-order valence-electron chi connectivity index (χ3n) is 5.25. The zero-order chi connectivity index (χ0) is 22.8. The molecule has 7 heteroatoms. The molecule has 0 bridgehead atoms. The van der Waals surface area contributed by atoms with Gasteiger partial charge in [0.1, 0.15) is 23.1 Å². The highest BCUT2D eigenvalue weighted by Crippen LogP contribution is 2.33. The number of rotatable bonds is 6. The van der Waals surface area contributed by atoms with Crippen LogP contribution in [0.25, 0.3) is 11.1 Å². The Bertz CT molecular complexity index is 1250. The van der Waals surface area contributed by atoms with E-state index >= 15 is 0 Å². The van der Waals surface area contributed by atoms with Crippen molar-refractivity contribution in [2.24, 2.45) is 4.99 Å². The van der Waals surface area contributed by atoms with Crippen LogP contribution in [-0.4, -0.2) is 11.0 Å². The van der Waals surface area contributed by atoms with Crippen LogP contribution in [0.3, 0.4) is 0 Å². The molecule has 0 unspecified atom stereocenters. The topological polar surface area (TPSA) is 53.8 Å². The number of nitrogens with zero attached hydrogens (tertiary/aromatic N) is 1. The fourth-order valence-corrected chi connectivity index (χ4v) is 3.43. The maximum absolute atomic E-state index is 15.0. The van der Waals surface area contributed by atoms with Crippen LogP contribution in [0.15, 0.2) is 65.3 Å². The van der Waals surface area contributed by atoms with Crippen molar-refractivity contribution in [3.05, 3.63) is 88.9 Å². The van der Waals surface area contributed by atoms with Crippen LogP contribution in [0.1, 0.15) is 24.5 Å². The molecule has 0 aromatic heterocycles. The summed E-state index contributed by atoms with van der Waals surface area (Å²) in [5.74, 6) is -1.93. The molecule has 1 heterocycles. The normalized spacial score (nSPS) is 12.7. The van der Waals surface area contributed by atoms with Crippen molar-refractivity contribution in [2.75, 3.05) is 5.32 Å². The smallest absolute Gasteiger partial charge is 0.224 e. The molecule has 1 aliphatic rings. The number of hydrogen-bond donors (Lipinski definition) is 2. The molecular weight excluding hydrogens is 417 g/mol. The molecule has 0 spiro atoms. The first-order chi connectivity index (χ1) is 15.4. The van der Waals surface area contributed by atoms with Crippen LogP contribution in [-0.2, 0) is 6.54 Å². The van der Waals surface area contributed by atoms with Gasteiger partial charge in [-0.2, -0.15) is 0 Å². The van der Waals surface area contributed by atoms with Gasteiger partial charge in [0, 0.05) is 23.9 Å². The lowest BCUT2D eigenvalue weighted by Gasteiger charge is -2.18. The number of ether oxygens (including phenoxy) is 1. The average Bonchev–Trinajstić information content (AvgIpc) is 2.75. The van der Waals surface area contributed by atoms with Crippen LogP contribution >= 0.6 is 0 Å². The van der Waals surface area contributed by atoms with Gasteiger partial charge in [0.15, 0.2) is 11.6 Å². The number of anilines is 1. The summed E-state index contributed by atoms with van der Waals surface area (Å²) in [5, 5.41) is 13.2. The standard InChI is InChI=1S/C25H21F3N2O2/c1-3-15-12-30-25(15)32-21-8-7-20(27)23(22(21)28)29-13-18-10-17(9-14(2)24(18)31)16-5-4-6-19(26)11-16/h4-12,29,31H,3,13H2,1-2H3. The SMILES string of the molecule is CCC1=CN=C1Oc1ccc(F)c(NCc2cc(-c3cccc(F)c3)cc(C)c2O)c1F.